The lowest BCUT2D eigenvalue weighted by molar-refractivity contribution is 0.262. The molecule has 0 atom stereocenters. The van der Waals surface area contributed by atoms with Gasteiger partial charge in [-0.25, -0.2) is 0 Å². The van der Waals surface area contributed by atoms with E-state index < -0.39 is 0 Å². The number of hydrogen-bond donors (Lipinski definition) is 0. The van der Waals surface area contributed by atoms with Crippen LogP contribution in [0.5, 0.6) is 0 Å². The Morgan fingerprint density at radius 2 is 2.17 bits per heavy atom. The fraction of sp³-hybridized carbons (Fsp3) is 0.900. The third kappa shape index (κ3) is 3.23. The maximum Gasteiger partial charge on any atom is 0.0622 e. The Balaban J connectivity index is 2.10. The summed E-state index contributed by atoms with van der Waals surface area (Å²) in [5.74, 6) is 0. The monoisotopic (exact) mass is 166 g/mol. The maximum absolute atomic E-state index is 8.39. The van der Waals surface area contributed by atoms with Gasteiger partial charge in [-0.15, -0.1) is 0 Å². The van der Waals surface area contributed by atoms with Crippen molar-refractivity contribution in [1.82, 2.24) is 4.90 Å². The van der Waals surface area contributed by atoms with Crippen LogP contribution in [0.25, 0.3) is 0 Å². The zero-order valence-corrected chi connectivity index (χ0v) is 7.92. The van der Waals surface area contributed by atoms with Crippen molar-refractivity contribution in [3.8, 4) is 6.07 Å². The first kappa shape index (κ1) is 9.54. The summed E-state index contributed by atoms with van der Waals surface area (Å²) >= 11 is 0. The first-order valence-electron chi connectivity index (χ1n) is 4.99. The first-order chi connectivity index (χ1) is 5.88. The Morgan fingerprint density at radius 1 is 1.42 bits per heavy atom. The highest BCUT2D eigenvalue weighted by atomic mass is 15.2. The Hall–Kier alpha value is -0.550. The largest absolute Gasteiger partial charge is 0.300 e. The molecule has 1 aliphatic rings. The van der Waals surface area contributed by atoms with Gasteiger partial charge in [0.15, 0.2) is 0 Å². The number of nitriles is 1. The lowest BCUT2D eigenvalue weighted by atomic mass is 10.3. The summed E-state index contributed by atoms with van der Waals surface area (Å²) in [7, 11) is 0. The van der Waals surface area contributed by atoms with E-state index in [1.54, 1.807) is 0 Å². The van der Waals surface area contributed by atoms with Gasteiger partial charge in [0.1, 0.15) is 0 Å². The van der Waals surface area contributed by atoms with Gasteiger partial charge in [-0.2, -0.15) is 5.26 Å². The molecular formula is C10H18N2. The molecule has 0 bridgehead atoms. The van der Waals surface area contributed by atoms with Crippen molar-refractivity contribution in [2.45, 2.75) is 45.1 Å². The summed E-state index contributed by atoms with van der Waals surface area (Å²) in [4.78, 5) is 2.54. The fourth-order valence-electron chi connectivity index (χ4n) is 1.57. The predicted octanol–water partition coefficient (Wildman–Crippen LogP) is 2.16. The van der Waals surface area contributed by atoms with E-state index in [9.17, 15) is 0 Å². The molecule has 0 saturated heterocycles. The van der Waals surface area contributed by atoms with Gasteiger partial charge < -0.3 is 4.90 Å². The number of unbranched alkanes of at least 4 members (excludes halogenated alkanes) is 1. The van der Waals surface area contributed by atoms with Crippen molar-refractivity contribution < 1.29 is 0 Å². The zero-order valence-electron chi connectivity index (χ0n) is 7.92. The Morgan fingerprint density at radius 3 is 2.67 bits per heavy atom. The van der Waals surface area contributed by atoms with Gasteiger partial charge in [-0.1, -0.05) is 6.92 Å². The summed E-state index contributed by atoms with van der Waals surface area (Å²) in [5, 5.41) is 8.39. The molecule has 0 aromatic carbocycles. The molecule has 68 valence electrons. The van der Waals surface area contributed by atoms with Crippen LogP contribution in [0.15, 0.2) is 0 Å². The fourth-order valence-corrected chi connectivity index (χ4v) is 1.57. The Labute approximate surface area is 75.2 Å². The summed E-state index contributed by atoms with van der Waals surface area (Å²) in [6.45, 7) is 4.57. The van der Waals surface area contributed by atoms with Crippen molar-refractivity contribution in [3.63, 3.8) is 0 Å². The smallest absolute Gasteiger partial charge is 0.0622 e. The second-order valence-electron chi connectivity index (χ2n) is 3.53. The molecule has 0 radical (unpaired) electrons. The standard InChI is InChI=1S/C10H18N2/c1-2-8-12(10-5-6-10)9-4-3-7-11/h10H,2-6,8-9H2,1H3. The van der Waals surface area contributed by atoms with Gasteiger partial charge in [-0.05, 0) is 38.8 Å². The van der Waals surface area contributed by atoms with Crippen LogP contribution in [0.1, 0.15) is 39.0 Å². The van der Waals surface area contributed by atoms with Gasteiger partial charge in [0.05, 0.1) is 6.07 Å². The second-order valence-corrected chi connectivity index (χ2v) is 3.53. The SMILES string of the molecule is CCCN(CCCC#N)C1CC1. The third-order valence-corrected chi connectivity index (χ3v) is 2.31. The molecule has 0 heterocycles. The molecule has 1 rings (SSSR count). The molecule has 0 unspecified atom stereocenters. The van der Waals surface area contributed by atoms with E-state index in [4.69, 9.17) is 5.26 Å². The van der Waals surface area contributed by atoms with Crippen LogP contribution in [-0.2, 0) is 0 Å². The predicted molar refractivity (Wildman–Crippen MR) is 49.7 cm³/mol. The zero-order chi connectivity index (χ0) is 8.81. The van der Waals surface area contributed by atoms with Crippen LogP contribution in [0.3, 0.4) is 0 Å². The number of hydrogen-bond acceptors (Lipinski definition) is 2. The van der Waals surface area contributed by atoms with Gasteiger partial charge in [0.25, 0.3) is 0 Å². The van der Waals surface area contributed by atoms with E-state index in [2.05, 4.69) is 17.9 Å². The van der Waals surface area contributed by atoms with E-state index in [0.717, 1.165) is 19.0 Å². The molecule has 0 amide bonds. The third-order valence-electron chi connectivity index (χ3n) is 2.31. The molecule has 1 fully saturated rings. The van der Waals surface area contributed by atoms with Gasteiger partial charge in [-0.3, -0.25) is 0 Å². The highest BCUT2D eigenvalue weighted by Gasteiger charge is 2.27. The molecule has 0 aromatic heterocycles. The quantitative estimate of drug-likeness (QED) is 0.565. The Bertz CT molecular complexity index is 156. The summed E-state index contributed by atoms with van der Waals surface area (Å²) in [6, 6.07) is 3.06. The molecule has 1 aliphatic carbocycles. The van der Waals surface area contributed by atoms with Crippen molar-refractivity contribution in [1.29, 1.82) is 5.26 Å². The molecule has 0 spiro atoms. The van der Waals surface area contributed by atoms with Crippen LogP contribution in [0.2, 0.25) is 0 Å². The average molecular weight is 166 g/mol. The topological polar surface area (TPSA) is 27.0 Å². The van der Waals surface area contributed by atoms with Crippen molar-refractivity contribution in [2.24, 2.45) is 0 Å². The highest BCUT2D eigenvalue weighted by molar-refractivity contribution is 4.84. The average Bonchev–Trinajstić information content (AvgIpc) is 2.86. The maximum atomic E-state index is 8.39. The minimum atomic E-state index is 0.715. The van der Waals surface area contributed by atoms with E-state index >= 15 is 0 Å². The summed E-state index contributed by atoms with van der Waals surface area (Å²) in [6.07, 6.45) is 5.77. The second kappa shape index (κ2) is 5.16. The van der Waals surface area contributed by atoms with E-state index in [1.165, 1.54) is 25.8 Å². The van der Waals surface area contributed by atoms with E-state index in [-0.39, 0.29) is 0 Å². The Kier molecular flexibility index (Phi) is 4.10. The molecule has 0 N–H and O–H groups in total. The first-order valence-corrected chi connectivity index (χ1v) is 4.99. The van der Waals surface area contributed by atoms with Crippen LogP contribution in [0.4, 0.5) is 0 Å². The van der Waals surface area contributed by atoms with Gasteiger partial charge >= 0.3 is 0 Å². The van der Waals surface area contributed by atoms with Crippen molar-refractivity contribution >= 4 is 0 Å². The highest BCUT2D eigenvalue weighted by Crippen LogP contribution is 2.26. The molecular weight excluding hydrogens is 148 g/mol. The molecule has 2 heteroatoms. The minimum Gasteiger partial charge on any atom is -0.300 e. The lowest BCUT2D eigenvalue weighted by Crippen LogP contribution is -2.27. The molecule has 0 aliphatic heterocycles. The minimum absolute atomic E-state index is 0.715. The normalized spacial score (nSPS) is 16.4. The van der Waals surface area contributed by atoms with Gasteiger partial charge in [0, 0.05) is 12.5 Å². The van der Waals surface area contributed by atoms with Crippen LogP contribution in [0, 0.1) is 11.3 Å². The van der Waals surface area contributed by atoms with Crippen molar-refractivity contribution in [3.05, 3.63) is 0 Å². The summed E-state index contributed by atoms with van der Waals surface area (Å²) in [5.41, 5.74) is 0. The van der Waals surface area contributed by atoms with E-state index in [0.29, 0.717) is 6.42 Å². The molecule has 0 aromatic rings. The van der Waals surface area contributed by atoms with Crippen LogP contribution in [-0.4, -0.2) is 24.0 Å². The molecule has 2 nitrogen and oxygen atoms in total. The lowest BCUT2D eigenvalue weighted by Gasteiger charge is -2.20. The van der Waals surface area contributed by atoms with Crippen LogP contribution >= 0.6 is 0 Å². The van der Waals surface area contributed by atoms with Crippen LogP contribution < -0.4 is 0 Å². The summed E-state index contributed by atoms with van der Waals surface area (Å²) < 4.78 is 0. The number of rotatable bonds is 6. The number of nitrogens with zero attached hydrogens (tertiary/aromatic N) is 2. The molecule has 1 saturated carbocycles. The van der Waals surface area contributed by atoms with Crippen molar-refractivity contribution in [2.75, 3.05) is 13.1 Å². The molecule has 12 heavy (non-hydrogen) atoms. The van der Waals surface area contributed by atoms with E-state index in [1.807, 2.05) is 0 Å². The van der Waals surface area contributed by atoms with Gasteiger partial charge in [0.2, 0.25) is 0 Å².